The van der Waals surface area contributed by atoms with Crippen molar-refractivity contribution in [3.8, 4) is 0 Å². The molecule has 0 aromatic rings. The molecule has 0 spiro atoms. The zero-order valence-corrected chi connectivity index (χ0v) is 11.4. The first-order valence-corrected chi connectivity index (χ1v) is 5.36. The predicted molar refractivity (Wildman–Crippen MR) is 61.7 cm³/mol. The summed E-state index contributed by atoms with van der Waals surface area (Å²) in [5.41, 5.74) is -0.510. The van der Waals surface area contributed by atoms with E-state index in [9.17, 15) is 9.59 Å². The molecule has 14 heavy (non-hydrogen) atoms. The highest BCUT2D eigenvalue weighted by atomic mass is 127. The van der Waals surface area contributed by atoms with Gasteiger partial charge in [0.15, 0.2) is 0 Å². The number of carbonyl (C=O) groups excluding carboxylic acids is 2. The van der Waals surface area contributed by atoms with Gasteiger partial charge in [-0.05, 0) is 20.3 Å². The molecule has 0 heterocycles. The molecule has 0 aliphatic heterocycles. The van der Waals surface area contributed by atoms with Gasteiger partial charge in [-0.15, -0.1) is 2.70 Å². The van der Waals surface area contributed by atoms with Crippen molar-refractivity contribution in [2.24, 2.45) is 5.41 Å². The molecule has 0 fully saturated rings. The van der Waals surface area contributed by atoms with Crippen LogP contribution in [0.5, 0.6) is 0 Å². The lowest BCUT2D eigenvalue weighted by molar-refractivity contribution is -0.576. The predicted octanol–water partition coefficient (Wildman–Crippen LogP) is 2.51. The largest absolute Gasteiger partial charge is 0.530 e. The first-order valence-electron chi connectivity index (χ1n) is 4.39. The van der Waals surface area contributed by atoms with Gasteiger partial charge in [-0.3, -0.25) is 0 Å². The molecule has 0 bridgehead atoms. The van der Waals surface area contributed by atoms with E-state index in [0.717, 1.165) is 0 Å². The van der Waals surface area contributed by atoms with Crippen LogP contribution in [-0.2, 0) is 9.53 Å². The molecule has 0 aliphatic rings. The van der Waals surface area contributed by atoms with E-state index in [4.69, 9.17) is 0 Å². The molecule has 0 saturated carbocycles. The van der Waals surface area contributed by atoms with Crippen molar-refractivity contribution in [3.05, 3.63) is 0 Å². The summed E-state index contributed by atoms with van der Waals surface area (Å²) >= 11 is 1.79. The highest BCUT2D eigenvalue weighted by Gasteiger charge is 2.47. The first kappa shape index (κ1) is 13.8. The maximum absolute atomic E-state index is 12.0. The fourth-order valence-electron chi connectivity index (χ4n) is 0.974. The number of quaternary nitrogens is 1. The van der Waals surface area contributed by atoms with Crippen LogP contribution in [0.25, 0.3) is 0 Å². The molecular formula is C9H17INO3+. The smallest absolute Gasteiger partial charge is 0.423 e. The maximum Gasteiger partial charge on any atom is 0.530 e. The van der Waals surface area contributed by atoms with E-state index in [1.54, 1.807) is 22.9 Å². The molecule has 0 rings (SSSR count). The Morgan fingerprint density at radius 2 is 1.86 bits per heavy atom. The zero-order valence-electron chi connectivity index (χ0n) is 9.26. The Morgan fingerprint density at radius 1 is 1.43 bits per heavy atom. The molecule has 5 heteroatoms. The molecule has 0 aliphatic carbocycles. The number of halogens is 1. The van der Waals surface area contributed by atoms with Crippen molar-refractivity contribution in [2.45, 2.75) is 27.2 Å². The van der Waals surface area contributed by atoms with E-state index >= 15 is 0 Å². The molecule has 1 unspecified atom stereocenters. The average Bonchev–Trinajstić information content (AvgIpc) is 2.15. The van der Waals surface area contributed by atoms with Crippen LogP contribution in [0.15, 0.2) is 0 Å². The molecule has 2 amide bonds. The van der Waals surface area contributed by atoms with Crippen LogP contribution in [0, 0.1) is 5.41 Å². The van der Waals surface area contributed by atoms with Gasteiger partial charge in [0.1, 0.15) is 0 Å². The molecule has 0 aromatic carbocycles. The molecule has 0 N–H and O–H groups in total. The summed E-state index contributed by atoms with van der Waals surface area (Å²) in [6.45, 7) is 5.58. The van der Waals surface area contributed by atoms with Crippen LogP contribution >= 0.6 is 22.9 Å². The third kappa shape index (κ3) is 2.66. The number of carbonyl (C=O) groups is 2. The average molecular weight is 314 g/mol. The van der Waals surface area contributed by atoms with Crippen LogP contribution < -0.4 is 0 Å². The maximum atomic E-state index is 12.0. The fourth-order valence-corrected chi connectivity index (χ4v) is 1.82. The number of imide groups is 1. The SMILES string of the molecule is CCC(C)(C)C(=O)[N+](C)(I)C(=O)OC. The molecule has 1 atom stereocenters. The molecule has 82 valence electrons. The van der Waals surface area contributed by atoms with Gasteiger partial charge in [-0.25, -0.2) is 4.79 Å². The fraction of sp³-hybridized carbons (Fsp3) is 0.778. The number of amides is 2. The van der Waals surface area contributed by atoms with Crippen molar-refractivity contribution < 1.29 is 17.0 Å². The van der Waals surface area contributed by atoms with Crippen molar-refractivity contribution in [1.82, 2.24) is 0 Å². The highest BCUT2D eigenvalue weighted by Crippen LogP contribution is 2.30. The Morgan fingerprint density at radius 3 is 2.14 bits per heavy atom. The van der Waals surface area contributed by atoms with Crippen molar-refractivity contribution >= 4 is 34.9 Å². The van der Waals surface area contributed by atoms with E-state index in [-0.39, 0.29) is 5.91 Å². The van der Waals surface area contributed by atoms with E-state index in [0.29, 0.717) is 6.42 Å². The normalized spacial score (nSPS) is 15.9. The second kappa shape index (κ2) is 4.57. The first-order chi connectivity index (χ1) is 6.20. The lowest BCUT2D eigenvalue weighted by Crippen LogP contribution is -2.51. The van der Waals surface area contributed by atoms with Crippen molar-refractivity contribution in [2.75, 3.05) is 14.2 Å². The van der Waals surface area contributed by atoms with Gasteiger partial charge < -0.3 is 4.74 Å². The van der Waals surface area contributed by atoms with Crippen molar-refractivity contribution in [1.29, 1.82) is 0 Å². The standard InChI is InChI=1S/C9H17INO3/c1-6-9(2,3)7(12)11(4,10)8(13)14-5/h6H2,1-5H3/q+1. The van der Waals surface area contributed by atoms with Gasteiger partial charge >= 0.3 is 12.0 Å². The third-order valence-corrected chi connectivity index (χ3v) is 3.19. The summed E-state index contributed by atoms with van der Waals surface area (Å²) in [4.78, 5) is 23.3. The Labute approximate surface area is 98.7 Å². The second-order valence-corrected chi connectivity index (χ2v) is 5.84. The van der Waals surface area contributed by atoms with Crippen molar-refractivity contribution in [3.63, 3.8) is 0 Å². The Hall–Kier alpha value is -0.170. The van der Waals surface area contributed by atoms with Crippen LogP contribution in [-0.4, -0.2) is 28.9 Å². The van der Waals surface area contributed by atoms with E-state index in [1.165, 1.54) is 14.2 Å². The van der Waals surface area contributed by atoms with E-state index < -0.39 is 14.2 Å². The van der Waals surface area contributed by atoms with E-state index in [2.05, 4.69) is 4.74 Å². The summed E-state index contributed by atoms with van der Waals surface area (Å²) in [6.07, 6.45) is 0.150. The van der Waals surface area contributed by atoms with Gasteiger partial charge in [0.2, 0.25) is 0 Å². The minimum absolute atomic E-state index is 0.146. The molecule has 0 aromatic heterocycles. The zero-order chi connectivity index (χ0) is 11.6. The summed E-state index contributed by atoms with van der Waals surface area (Å²) in [5.74, 6) is -0.146. The molecular weight excluding hydrogens is 297 g/mol. The number of methoxy groups -OCH3 is 1. The number of ether oxygens (including phenoxy) is 1. The lowest BCUT2D eigenvalue weighted by Gasteiger charge is -2.27. The number of hydrogen-bond acceptors (Lipinski definition) is 3. The van der Waals surface area contributed by atoms with Crippen LogP contribution in [0.1, 0.15) is 27.2 Å². The molecule has 0 saturated heterocycles. The Kier molecular flexibility index (Phi) is 4.51. The third-order valence-electron chi connectivity index (χ3n) is 2.36. The molecule has 0 radical (unpaired) electrons. The minimum atomic E-state index is -0.544. The van der Waals surface area contributed by atoms with Gasteiger partial charge in [0.05, 0.1) is 19.6 Å². The van der Waals surface area contributed by atoms with Gasteiger partial charge in [0.25, 0.3) is 22.9 Å². The number of rotatable bonds is 2. The van der Waals surface area contributed by atoms with Crippen LogP contribution in [0.3, 0.4) is 0 Å². The summed E-state index contributed by atoms with van der Waals surface area (Å²) in [5, 5.41) is 0. The van der Waals surface area contributed by atoms with Gasteiger partial charge in [-0.1, -0.05) is 6.92 Å². The second-order valence-electron chi connectivity index (χ2n) is 3.91. The monoisotopic (exact) mass is 314 g/mol. The minimum Gasteiger partial charge on any atom is -0.423 e. The summed E-state index contributed by atoms with van der Waals surface area (Å²) in [7, 11) is 2.82. The highest BCUT2D eigenvalue weighted by molar-refractivity contribution is 14.1. The van der Waals surface area contributed by atoms with Gasteiger partial charge in [-0.2, -0.15) is 4.79 Å². The summed E-state index contributed by atoms with van der Waals surface area (Å²) in [6, 6.07) is 0. The Bertz CT molecular complexity index is 248. The van der Waals surface area contributed by atoms with E-state index in [1.807, 2.05) is 20.8 Å². The van der Waals surface area contributed by atoms with Crippen LogP contribution in [0.2, 0.25) is 0 Å². The molecule has 4 nitrogen and oxygen atoms in total. The lowest BCUT2D eigenvalue weighted by atomic mass is 9.89. The van der Waals surface area contributed by atoms with Crippen LogP contribution in [0.4, 0.5) is 4.79 Å². The quantitative estimate of drug-likeness (QED) is 0.581. The summed E-state index contributed by atoms with van der Waals surface area (Å²) < 4.78 is 4.19. The number of hydrogen-bond donors (Lipinski definition) is 0. The van der Waals surface area contributed by atoms with Gasteiger partial charge in [0, 0.05) is 0 Å². The Balaban J connectivity index is 4.93. The number of nitrogens with zero attached hydrogens (tertiary/aromatic N) is 1. The topological polar surface area (TPSA) is 43.4 Å².